The molecule has 9 nitrogen and oxygen atoms in total. The normalized spacial score (nSPS) is 17.9. The maximum atomic E-state index is 12.9. The SMILES string of the molecule is C=CCNC(=NCc1nnc(C)n1C)N1CCC(N(CC2CC2)C(=O)OC(C)(C)C)CC1. The summed E-state index contributed by atoms with van der Waals surface area (Å²) in [5.74, 6) is 3.17. The molecule has 9 heteroatoms. The summed E-state index contributed by atoms with van der Waals surface area (Å²) < 4.78 is 7.68. The van der Waals surface area contributed by atoms with Gasteiger partial charge in [0.15, 0.2) is 11.8 Å². The molecule has 0 unspecified atom stereocenters. The number of aryl methyl sites for hydroxylation is 1. The number of carbonyl (C=O) groups excluding carboxylic acids is 1. The van der Waals surface area contributed by atoms with Gasteiger partial charge in [0, 0.05) is 39.3 Å². The summed E-state index contributed by atoms with van der Waals surface area (Å²) >= 11 is 0. The first kappa shape index (κ1) is 24.1. The molecule has 2 heterocycles. The van der Waals surface area contributed by atoms with Gasteiger partial charge >= 0.3 is 6.09 Å². The van der Waals surface area contributed by atoms with Crippen LogP contribution in [0.15, 0.2) is 17.6 Å². The van der Waals surface area contributed by atoms with Gasteiger partial charge in [-0.25, -0.2) is 9.79 Å². The zero-order valence-electron chi connectivity index (χ0n) is 20.3. The highest BCUT2D eigenvalue weighted by atomic mass is 16.6. The minimum Gasteiger partial charge on any atom is -0.444 e. The van der Waals surface area contributed by atoms with Crippen molar-refractivity contribution in [3.05, 3.63) is 24.3 Å². The van der Waals surface area contributed by atoms with Gasteiger partial charge in [0.2, 0.25) is 0 Å². The molecule has 1 aliphatic heterocycles. The predicted molar refractivity (Wildman–Crippen MR) is 125 cm³/mol. The number of likely N-dealkylation sites (tertiary alicyclic amines) is 1. The minimum atomic E-state index is -0.480. The van der Waals surface area contributed by atoms with E-state index in [9.17, 15) is 4.79 Å². The van der Waals surface area contributed by atoms with Crippen LogP contribution in [0.1, 0.15) is 58.1 Å². The average molecular weight is 446 g/mol. The molecule has 3 rings (SSSR count). The number of nitrogens with zero attached hydrogens (tertiary/aromatic N) is 6. The maximum absolute atomic E-state index is 12.9. The predicted octanol–water partition coefficient (Wildman–Crippen LogP) is 2.87. The molecule has 0 aromatic carbocycles. The summed E-state index contributed by atoms with van der Waals surface area (Å²) in [6, 6.07) is 0.198. The van der Waals surface area contributed by atoms with Crippen LogP contribution in [0.25, 0.3) is 0 Å². The van der Waals surface area contributed by atoms with E-state index in [4.69, 9.17) is 9.73 Å². The molecule has 1 aromatic rings. The number of aromatic nitrogens is 3. The molecule has 2 fully saturated rings. The zero-order valence-corrected chi connectivity index (χ0v) is 20.3. The number of hydrogen-bond acceptors (Lipinski definition) is 5. The quantitative estimate of drug-likeness (QED) is 0.394. The third kappa shape index (κ3) is 6.71. The van der Waals surface area contributed by atoms with Crippen molar-refractivity contribution in [2.45, 2.75) is 71.6 Å². The molecule has 0 spiro atoms. The third-order valence-corrected chi connectivity index (χ3v) is 5.94. The van der Waals surface area contributed by atoms with Crippen LogP contribution in [0.3, 0.4) is 0 Å². The van der Waals surface area contributed by atoms with Crippen LogP contribution in [-0.4, -0.2) is 74.4 Å². The van der Waals surface area contributed by atoms with E-state index < -0.39 is 5.60 Å². The second kappa shape index (κ2) is 10.4. The molecule has 1 amide bonds. The van der Waals surface area contributed by atoms with E-state index in [0.29, 0.717) is 19.0 Å². The topological polar surface area (TPSA) is 87.9 Å². The lowest BCUT2D eigenvalue weighted by Gasteiger charge is -2.40. The van der Waals surface area contributed by atoms with E-state index in [1.54, 1.807) is 0 Å². The summed E-state index contributed by atoms with van der Waals surface area (Å²) in [4.78, 5) is 21.9. The number of hydrogen-bond donors (Lipinski definition) is 1. The summed E-state index contributed by atoms with van der Waals surface area (Å²) in [6.45, 7) is 15.1. The Kier molecular flexibility index (Phi) is 7.79. The molecule has 0 radical (unpaired) electrons. The number of piperidine rings is 1. The summed E-state index contributed by atoms with van der Waals surface area (Å²) in [7, 11) is 1.95. The fourth-order valence-corrected chi connectivity index (χ4v) is 3.83. The first-order valence-electron chi connectivity index (χ1n) is 11.7. The Morgan fingerprint density at radius 3 is 2.50 bits per heavy atom. The van der Waals surface area contributed by atoms with Crippen LogP contribution < -0.4 is 5.32 Å². The van der Waals surface area contributed by atoms with Crippen LogP contribution >= 0.6 is 0 Å². The lowest BCUT2D eigenvalue weighted by Crippen LogP contribution is -2.52. The van der Waals surface area contributed by atoms with Gasteiger partial charge in [0.05, 0.1) is 0 Å². The van der Waals surface area contributed by atoms with Crippen molar-refractivity contribution in [1.29, 1.82) is 0 Å². The van der Waals surface area contributed by atoms with Gasteiger partial charge in [0.25, 0.3) is 0 Å². The smallest absolute Gasteiger partial charge is 0.410 e. The van der Waals surface area contributed by atoms with Crippen LogP contribution in [0, 0.1) is 12.8 Å². The Bertz CT molecular complexity index is 815. The number of aliphatic imine (C=N–C) groups is 1. The molecular formula is C23H39N7O2. The molecule has 178 valence electrons. The molecule has 1 N–H and O–H groups in total. The number of carbonyl (C=O) groups is 1. The van der Waals surface area contributed by atoms with Crippen molar-refractivity contribution in [2.24, 2.45) is 18.0 Å². The van der Waals surface area contributed by atoms with Gasteiger partial charge in [-0.3, -0.25) is 0 Å². The Hall–Kier alpha value is -2.58. The fourth-order valence-electron chi connectivity index (χ4n) is 3.83. The van der Waals surface area contributed by atoms with E-state index in [2.05, 4.69) is 27.0 Å². The van der Waals surface area contributed by atoms with Crippen LogP contribution in [0.5, 0.6) is 0 Å². The first-order chi connectivity index (χ1) is 15.2. The largest absolute Gasteiger partial charge is 0.444 e. The fraction of sp³-hybridized carbons (Fsp3) is 0.739. The van der Waals surface area contributed by atoms with Crippen molar-refractivity contribution in [2.75, 3.05) is 26.2 Å². The van der Waals surface area contributed by atoms with Crippen LogP contribution in [-0.2, 0) is 18.3 Å². The van der Waals surface area contributed by atoms with E-state index in [-0.39, 0.29) is 12.1 Å². The molecule has 1 aromatic heterocycles. The van der Waals surface area contributed by atoms with Crippen molar-refractivity contribution in [3.63, 3.8) is 0 Å². The van der Waals surface area contributed by atoms with Crippen molar-refractivity contribution in [1.82, 2.24) is 29.9 Å². The Balaban J connectivity index is 1.64. The van der Waals surface area contributed by atoms with Crippen LogP contribution in [0.2, 0.25) is 0 Å². The monoisotopic (exact) mass is 445 g/mol. The van der Waals surface area contributed by atoms with E-state index in [1.165, 1.54) is 12.8 Å². The highest BCUT2D eigenvalue weighted by Gasteiger charge is 2.35. The van der Waals surface area contributed by atoms with E-state index in [0.717, 1.165) is 50.1 Å². The highest BCUT2D eigenvalue weighted by molar-refractivity contribution is 5.80. The highest BCUT2D eigenvalue weighted by Crippen LogP contribution is 2.32. The number of guanidine groups is 1. The first-order valence-corrected chi connectivity index (χ1v) is 11.7. The zero-order chi connectivity index (χ0) is 23.3. The van der Waals surface area contributed by atoms with E-state index >= 15 is 0 Å². The summed E-state index contributed by atoms with van der Waals surface area (Å²) in [6.07, 6.45) is 5.85. The third-order valence-electron chi connectivity index (χ3n) is 5.94. The van der Waals surface area contributed by atoms with Crippen molar-refractivity contribution < 1.29 is 9.53 Å². The Labute approximate surface area is 191 Å². The minimum absolute atomic E-state index is 0.181. The van der Waals surface area contributed by atoms with Gasteiger partial charge < -0.3 is 24.4 Å². The molecule has 32 heavy (non-hydrogen) atoms. The lowest BCUT2D eigenvalue weighted by molar-refractivity contribution is 0.00928. The number of rotatable bonds is 7. The van der Waals surface area contributed by atoms with Gasteiger partial charge in [0.1, 0.15) is 18.0 Å². The standard InChI is InChI=1S/C23H39N7O2/c1-7-12-24-21(25-15-20-27-26-17(2)28(20)6)29-13-10-19(11-14-29)30(16-18-8-9-18)22(31)32-23(3,4)5/h7,18-19H,1,8-16H2,2-6H3,(H,24,25). The maximum Gasteiger partial charge on any atom is 0.410 e. The molecular weight excluding hydrogens is 406 g/mol. The molecule has 1 aliphatic carbocycles. The molecule has 2 aliphatic rings. The second-order valence-corrected chi connectivity index (χ2v) is 9.83. The van der Waals surface area contributed by atoms with E-state index in [1.807, 2.05) is 50.3 Å². The average Bonchev–Trinajstić information content (AvgIpc) is 3.51. The Morgan fingerprint density at radius 1 is 1.28 bits per heavy atom. The van der Waals surface area contributed by atoms with Crippen molar-refractivity contribution >= 4 is 12.1 Å². The van der Waals surface area contributed by atoms with Gasteiger partial charge in [-0.2, -0.15) is 0 Å². The van der Waals surface area contributed by atoms with Gasteiger partial charge in [-0.15, -0.1) is 16.8 Å². The number of amides is 1. The van der Waals surface area contributed by atoms with Crippen LogP contribution in [0.4, 0.5) is 4.79 Å². The summed E-state index contributed by atoms with van der Waals surface area (Å²) in [5, 5.41) is 11.7. The Morgan fingerprint density at radius 2 is 1.97 bits per heavy atom. The molecule has 0 atom stereocenters. The summed E-state index contributed by atoms with van der Waals surface area (Å²) in [5.41, 5.74) is -0.480. The molecule has 0 bridgehead atoms. The van der Waals surface area contributed by atoms with Gasteiger partial charge in [-0.1, -0.05) is 6.08 Å². The van der Waals surface area contributed by atoms with Crippen molar-refractivity contribution in [3.8, 4) is 0 Å². The number of nitrogens with one attached hydrogen (secondary N) is 1. The second-order valence-electron chi connectivity index (χ2n) is 9.83. The molecule has 1 saturated heterocycles. The lowest BCUT2D eigenvalue weighted by atomic mass is 10.0. The number of ether oxygens (including phenoxy) is 1. The van der Waals surface area contributed by atoms with Gasteiger partial charge in [-0.05, 0) is 59.3 Å². The molecule has 1 saturated carbocycles.